The molecule has 162 valence electrons. The minimum atomic E-state index is -0.552. The third-order valence-corrected chi connectivity index (χ3v) is 6.40. The molecule has 4 nitrogen and oxygen atoms in total. The van der Waals surface area contributed by atoms with Crippen molar-refractivity contribution in [2.45, 2.75) is 71.9 Å². The summed E-state index contributed by atoms with van der Waals surface area (Å²) in [6.07, 6.45) is 4.54. The fourth-order valence-corrected chi connectivity index (χ4v) is 4.53. The predicted octanol–water partition coefficient (Wildman–Crippen LogP) is 4.85. The quantitative estimate of drug-likeness (QED) is 0.688. The van der Waals surface area contributed by atoms with Gasteiger partial charge in [-0.05, 0) is 67.7 Å². The Morgan fingerprint density at radius 2 is 1.57 bits per heavy atom. The molecule has 1 atom stereocenters. The maximum Gasteiger partial charge on any atom is 0.243 e. The number of rotatable bonds is 7. The summed E-state index contributed by atoms with van der Waals surface area (Å²) in [6, 6.07) is 13.9. The van der Waals surface area contributed by atoms with Crippen LogP contribution in [0.25, 0.3) is 10.8 Å². The van der Waals surface area contributed by atoms with Gasteiger partial charge < -0.3 is 10.6 Å². The first-order valence-electron chi connectivity index (χ1n) is 11.4. The lowest BCUT2D eigenvalue weighted by atomic mass is 9.76. The van der Waals surface area contributed by atoms with E-state index in [1.54, 1.807) is 0 Å². The number of hydrogen-bond acceptors (Lipinski definition) is 2. The number of hydrogen-bond donors (Lipinski definition) is 2. The Balaban J connectivity index is 1.70. The summed E-state index contributed by atoms with van der Waals surface area (Å²) in [5.41, 5.74) is 1.06. The van der Waals surface area contributed by atoms with E-state index in [1.807, 2.05) is 26.0 Å². The fraction of sp³-hybridized carbons (Fsp3) is 0.538. The standard InChI is InChI=1S/C26H36N2O2/c1-17(2)20-11-13-22(14-12-20)25(29)28-24(26(30)27-18(3)4)16-19-9-10-21-7-5-6-8-23(21)15-19/h5-10,15,17-18,20,22,24H,11-14,16H2,1-4H3,(H,27,30)(H,28,29)/t20?,22?,24-/m0/s1. The zero-order chi connectivity index (χ0) is 21.7. The van der Waals surface area contributed by atoms with Crippen molar-refractivity contribution < 1.29 is 9.59 Å². The van der Waals surface area contributed by atoms with E-state index in [0.29, 0.717) is 18.3 Å². The Morgan fingerprint density at radius 1 is 0.900 bits per heavy atom. The summed E-state index contributed by atoms with van der Waals surface area (Å²) >= 11 is 0. The molecule has 0 aromatic heterocycles. The zero-order valence-corrected chi connectivity index (χ0v) is 18.8. The van der Waals surface area contributed by atoms with Crippen molar-refractivity contribution in [1.29, 1.82) is 0 Å². The van der Waals surface area contributed by atoms with Crippen molar-refractivity contribution in [1.82, 2.24) is 10.6 Å². The molecule has 2 aromatic rings. The van der Waals surface area contributed by atoms with Gasteiger partial charge in [0.05, 0.1) is 0 Å². The lowest BCUT2D eigenvalue weighted by Crippen LogP contribution is -2.51. The van der Waals surface area contributed by atoms with Crippen LogP contribution in [0.1, 0.15) is 58.9 Å². The molecule has 0 spiro atoms. The number of amides is 2. The van der Waals surface area contributed by atoms with Gasteiger partial charge in [0.25, 0.3) is 0 Å². The van der Waals surface area contributed by atoms with Gasteiger partial charge in [-0.2, -0.15) is 0 Å². The molecule has 0 saturated heterocycles. The Bertz CT molecular complexity index is 866. The summed E-state index contributed by atoms with van der Waals surface area (Å²) in [4.78, 5) is 25.8. The highest BCUT2D eigenvalue weighted by molar-refractivity contribution is 5.89. The van der Waals surface area contributed by atoms with Gasteiger partial charge in [-0.15, -0.1) is 0 Å². The highest BCUT2D eigenvalue weighted by Crippen LogP contribution is 2.33. The van der Waals surface area contributed by atoms with E-state index in [9.17, 15) is 9.59 Å². The van der Waals surface area contributed by atoms with Gasteiger partial charge in [0.1, 0.15) is 6.04 Å². The van der Waals surface area contributed by atoms with E-state index in [-0.39, 0.29) is 23.8 Å². The Kier molecular flexibility index (Phi) is 7.52. The van der Waals surface area contributed by atoms with Crippen LogP contribution in [0.4, 0.5) is 0 Å². The first-order valence-corrected chi connectivity index (χ1v) is 11.4. The topological polar surface area (TPSA) is 58.2 Å². The van der Waals surface area contributed by atoms with Crippen molar-refractivity contribution in [2.24, 2.45) is 17.8 Å². The van der Waals surface area contributed by atoms with Crippen molar-refractivity contribution in [3.8, 4) is 0 Å². The molecular formula is C26H36N2O2. The van der Waals surface area contributed by atoms with Crippen LogP contribution in [0, 0.1) is 17.8 Å². The molecule has 3 rings (SSSR count). The predicted molar refractivity (Wildman–Crippen MR) is 123 cm³/mol. The third kappa shape index (κ3) is 5.84. The van der Waals surface area contributed by atoms with Crippen LogP contribution in [-0.4, -0.2) is 23.9 Å². The molecule has 0 bridgehead atoms. The van der Waals surface area contributed by atoms with E-state index >= 15 is 0 Å². The Hall–Kier alpha value is -2.36. The molecule has 2 aromatic carbocycles. The fourth-order valence-electron chi connectivity index (χ4n) is 4.53. The van der Waals surface area contributed by atoms with E-state index in [4.69, 9.17) is 0 Å². The normalized spacial score (nSPS) is 20.3. The van der Waals surface area contributed by atoms with Crippen LogP contribution in [0.5, 0.6) is 0 Å². The Labute approximate surface area is 180 Å². The number of fused-ring (bicyclic) bond motifs is 1. The summed E-state index contributed by atoms with van der Waals surface area (Å²) in [6.45, 7) is 8.42. The maximum absolute atomic E-state index is 13.0. The van der Waals surface area contributed by atoms with Gasteiger partial charge in [-0.1, -0.05) is 56.3 Å². The number of carbonyl (C=O) groups excluding carboxylic acids is 2. The maximum atomic E-state index is 13.0. The van der Waals surface area contributed by atoms with Crippen molar-refractivity contribution in [2.75, 3.05) is 0 Å². The van der Waals surface area contributed by atoms with E-state index in [0.717, 1.165) is 36.6 Å². The molecule has 1 saturated carbocycles. The van der Waals surface area contributed by atoms with Crippen LogP contribution in [-0.2, 0) is 16.0 Å². The van der Waals surface area contributed by atoms with Gasteiger partial charge in [0, 0.05) is 18.4 Å². The summed E-state index contributed by atoms with van der Waals surface area (Å²) in [5, 5.41) is 8.38. The lowest BCUT2D eigenvalue weighted by molar-refractivity contribution is -0.132. The second-order valence-electron chi connectivity index (χ2n) is 9.47. The van der Waals surface area contributed by atoms with E-state index in [2.05, 4.69) is 54.8 Å². The van der Waals surface area contributed by atoms with Gasteiger partial charge in [-0.25, -0.2) is 0 Å². The van der Waals surface area contributed by atoms with Crippen molar-refractivity contribution >= 4 is 22.6 Å². The lowest BCUT2D eigenvalue weighted by Gasteiger charge is -2.31. The molecule has 2 amide bonds. The first-order chi connectivity index (χ1) is 14.3. The molecule has 1 fully saturated rings. The van der Waals surface area contributed by atoms with Crippen molar-refractivity contribution in [3.63, 3.8) is 0 Å². The van der Waals surface area contributed by atoms with E-state index in [1.165, 1.54) is 5.39 Å². The minimum Gasteiger partial charge on any atom is -0.352 e. The average molecular weight is 409 g/mol. The number of carbonyl (C=O) groups is 2. The molecule has 0 aliphatic heterocycles. The van der Waals surface area contributed by atoms with Gasteiger partial charge in [0.15, 0.2) is 0 Å². The smallest absolute Gasteiger partial charge is 0.243 e. The highest BCUT2D eigenvalue weighted by Gasteiger charge is 2.30. The molecule has 1 aliphatic rings. The molecule has 30 heavy (non-hydrogen) atoms. The highest BCUT2D eigenvalue weighted by atomic mass is 16.2. The zero-order valence-electron chi connectivity index (χ0n) is 18.8. The largest absolute Gasteiger partial charge is 0.352 e. The van der Waals surface area contributed by atoms with Crippen molar-refractivity contribution in [3.05, 3.63) is 48.0 Å². The van der Waals surface area contributed by atoms with Crippen LogP contribution in [0.2, 0.25) is 0 Å². The molecule has 4 heteroatoms. The van der Waals surface area contributed by atoms with Crippen LogP contribution >= 0.6 is 0 Å². The van der Waals surface area contributed by atoms with E-state index < -0.39 is 6.04 Å². The molecular weight excluding hydrogens is 372 g/mol. The molecule has 0 heterocycles. The van der Waals surface area contributed by atoms with Gasteiger partial charge in [-0.3, -0.25) is 9.59 Å². The summed E-state index contributed by atoms with van der Waals surface area (Å²) in [7, 11) is 0. The van der Waals surface area contributed by atoms with Crippen LogP contribution in [0.15, 0.2) is 42.5 Å². The third-order valence-electron chi connectivity index (χ3n) is 6.40. The molecule has 1 aliphatic carbocycles. The monoisotopic (exact) mass is 408 g/mol. The summed E-state index contributed by atoms with van der Waals surface area (Å²) in [5.74, 6) is 1.33. The van der Waals surface area contributed by atoms with Crippen LogP contribution in [0.3, 0.4) is 0 Å². The summed E-state index contributed by atoms with van der Waals surface area (Å²) < 4.78 is 0. The SMILES string of the molecule is CC(C)NC(=O)[C@H](Cc1ccc2ccccc2c1)NC(=O)C1CCC(C(C)C)CC1. The second kappa shape index (κ2) is 10.1. The minimum absolute atomic E-state index is 0.0194. The van der Waals surface area contributed by atoms with Gasteiger partial charge in [0.2, 0.25) is 11.8 Å². The Morgan fingerprint density at radius 3 is 2.20 bits per heavy atom. The second-order valence-corrected chi connectivity index (χ2v) is 9.47. The van der Waals surface area contributed by atoms with Gasteiger partial charge >= 0.3 is 0 Å². The van der Waals surface area contributed by atoms with Crippen LogP contribution < -0.4 is 10.6 Å². The number of benzene rings is 2. The molecule has 0 radical (unpaired) electrons. The average Bonchev–Trinajstić information content (AvgIpc) is 2.72. The first kappa shape index (κ1) is 22.3. The molecule has 0 unspecified atom stereocenters. The molecule has 2 N–H and O–H groups in total. The number of nitrogens with one attached hydrogen (secondary N) is 2.